The van der Waals surface area contributed by atoms with Gasteiger partial charge in [-0.1, -0.05) is 43.7 Å². The molecule has 0 fully saturated rings. The lowest BCUT2D eigenvalue weighted by Crippen LogP contribution is -2.38. The molecular weight excluding hydrogens is 443 g/mol. The molecule has 0 aliphatic rings. The summed E-state index contributed by atoms with van der Waals surface area (Å²) in [6, 6.07) is 8.51. The van der Waals surface area contributed by atoms with E-state index >= 15 is 0 Å². The summed E-state index contributed by atoms with van der Waals surface area (Å²) in [4.78, 5) is 9.33. The molecule has 4 nitrogen and oxygen atoms in total. The molecule has 0 amide bonds. The Bertz CT molecular complexity index is 650. The fourth-order valence-electron chi connectivity index (χ4n) is 2.22. The molecule has 0 saturated heterocycles. The van der Waals surface area contributed by atoms with Crippen LogP contribution in [0.25, 0.3) is 0 Å². The predicted octanol–water partition coefficient (Wildman–Crippen LogP) is 4.49. The first kappa shape index (κ1) is 21.9. The van der Waals surface area contributed by atoms with Crippen molar-refractivity contribution in [3.63, 3.8) is 0 Å². The molecule has 0 saturated carbocycles. The maximum atomic E-state index is 4.67. The normalized spacial score (nSPS) is 11.3. The second-order valence-corrected chi connectivity index (χ2v) is 7.08. The van der Waals surface area contributed by atoms with Crippen LogP contribution in [-0.2, 0) is 13.0 Å². The molecule has 0 bridgehead atoms. The minimum absolute atomic E-state index is 0. The zero-order chi connectivity index (χ0) is 17.4. The first-order chi connectivity index (χ1) is 11.6. The molecule has 0 aliphatic carbocycles. The Morgan fingerprint density at radius 3 is 2.52 bits per heavy atom. The van der Waals surface area contributed by atoms with E-state index in [-0.39, 0.29) is 24.0 Å². The van der Waals surface area contributed by atoms with Gasteiger partial charge in [-0.25, -0.2) is 9.98 Å². The van der Waals surface area contributed by atoms with Crippen molar-refractivity contribution in [1.29, 1.82) is 0 Å². The molecular formula is C19H29IN4S. The van der Waals surface area contributed by atoms with Crippen molar-refractivity contribution in [2.75, 3.05) is 13.1 Å². The molecule has 0 atom stereocenters. The summed E-state index contributed by atoms with van der Waals surface area (Å²) in [6.07, 6.45) is 0.915. The van der Waals surface area contributed by atoms with Gasteiger partial charge in [0.15, 0.2) is 5.96 Å². The lowest BCUT2D eigenvalue weighted by molar-refractivity contribution is 0.780. The van der Waals surface area contributed by atoms with Crippen LogP contribution in [0.4, 0.5) is 0 Å². The average Bonchev–Trinajstić information content (AvgIpc) is 3.03. The Hall–Kier alpha value is -1.15. The van der Waals surface area contributed by atoms with Crippen molar-refractivity contribution in [3.05, 3.63) is 51.5 Å². The maximum Gasteiger partial charge on any atom is 0.191 e. The molecule has 25 heavy (non-hydrogen) atoms. The van der Waals surface area contributed by atoms with Gasteiger partial charge in [0.1, 0.15) is 0 Å². The number of aromatic nitrogens is 1. The van der Waals surface area contributed by atoms with Gasteiger partial charge >= 0.3 is 0 Å². The van der Waals surface area contributed by atoms with Gasteiger partial charge in [-0.3, -0.25) is 0 Å². The Balaban J connectivity index is 0.00000312. The maximum absolute atomic E-state index is 4.67. The van der Waals surface area contributed by atoms with Crippen LogP contribution < -0.4 is 10.6 Å². The van der Waals surface area contributed by atoms with Gasteiger partial charge in [-0.05, 0) is 19.4 Å². The summed E-state index contributed by atoms with van der Waals surface area (Å²) in [5.74, 6) is 1.36. The summed E-state index contributed by atoms with van der Waals surface area (Å²) in [6.45, 7) is 10.9. The van der Waals surface area contributed by atoms with Crippen LogP contribution in [0.2, 0.25) is 0 Å². The Morgan fingerprint density at radius 2 is 1.92 bits per heavy atom. The summed E-state index contributed by atoms with van der Waals surface area (Å²) in [7, 11) is 0. The molecule has 1 aromatic heterocycles. The van der Waals surface area contributed by atoms with Crippen LogP contribution >= 0.6 is 35.3 Å². The molecule has 2 rings (SSSR count). The van der Waals surface area contributed by atoms with E-state index in [1.165, 1.54) is 16.1 Å². The summed E-state index contributed by atoms with van der Waals surface area (Å²) in [5.41, 5.74) is 3.65. The minimum atomic E-state index is 0. The largest absolute Gasteiger partial charge is 0.357 e. The number of hydrogen-bond acceptors (Lipinski definition) is 3. The van der Waals surface area contributed by atoms with Gasteiger partial charge < -0.3 is 10.6 Å². The molecule has 1 heterocycles. The Labute approximate surface area is 172 Å². The first-order valence-electron chi connectivity index (χ1n) is 8.60. The zero-order valence-corrected chi connectivity index (χ0v) is 18.7. The van der Waals surface area contributed by atoms with Gasteiger partial charge in [-0.15, -0.1) is 35.3 Å². The minimum Gasteiger partial charge on any atom is -0.357 e. The third-order valence-corrected chi connectivity index (χ3v) is 4.82. The smallest absolute Gasteiger partial charge is 0.191 e. The monoisotopic (exact) mass is 472 g/mol. The SMILES string of the molecule is CCNC(=NCc1ccc(C)cc1)NCCc1csc(C(C)C)n1.I. The number of aliphatic imine (C=N–C) groups is 1. The van der Waals surface area contributed by atoms with E-state index < -0.39 is 0 Å². The molecule has 0 aliphatic heterocycles. The molecule has 1 aromatic carbocycles. The quantitative estimate of drug-likeness (QED) is 0.355. The Kier molecular flexibility index (Phi) is 10.0. The number of nitrogens with zero attached hydrogens (tertiary/aromatic N) is 2. The molecule has 2 N–H and O–H groups in total. The van der Waals surface area contributed by atoms with Crippen molar-refractivity contribution in [1.82, 2.24) is 15.6 Å². The molecule has 0 spiro atoms. The van der Waals surface area contributed by atoms with Crippen molar-refractivity contribution in [2.24, 2.45) is 4.99 Å². The van der Waals surface area contributed by atoms with E-state index in [4.69, 9.17) is 0 Å². The van der Waals surface area contributed by atoms with E-state index in [0.717, 1.165) is 31.2 Å². The fraction of sp³-hybridized carbons (Fsp3) is 0.474. The van der Waals surface area contributed by atoms with Crippen LogP contribution in [0.3, 0.4) is 0 Å². The summed E-state index contributed by atoms with van der Waals surface area (Å²) >= 11 is 1.75. The van der Waals surface area contributed by atoms with Crippen molar-refractivity contribution in [2.45, 2.75) is 46.6 Å². The number of benzene rings is 1. The van der Waals surface area contributed by atoms with Crippen molar-refractivity contribution in [3.8, 4) is 0 Å². The second kappa shape index (κ2) is 11.5. The molecule has 2 aromatic rings. The second-order valence-electron chi connectivity index (χ2n) is 6.19. The van der Waals surface area contributed by atoms with Gasteiger partial charge in [0.05, 0.1) is 17.2 Å². The third-order valence-electron chi connectivity index (χ3n) is 3.62. The highest BCUT2D eigenvalue weighted by atomic mass is 127. The molecule has 6 heteroatoms. The standard InChI is InChI=1S/C19H28N4S.HI/c1-5-20-19(22-12-16-8-6-15(4)7-9-16)21-11-10-17-13-24-18(23-17)14(2)3;/h6-9,13-14H,5,10-12H2,1-4H3,(H2,20,21,22);1H. The predicted molar refractivity (Wildman–Crippen MR) is 119 cm³/mol. The summed E-state index contributed by atoms with van der Waals surface area (Å²) < 4.78 is 0. The van der Waals surface area contributed by atoms with E-state index in [9.17, 15) is 0 Å². The highest BCUT2D eigenvalue weighted by Crippen LogP contribution is 2.19. The lowest BCUT2D eigenvalue weighted by atomic mass is 10.1. The van der Waals surface area contributed by atoms with Crippen LogP contribution in [0, 0.1) is 6.92 Å². The Morgan fingerprint density at radius 1 is 1.20 bits per heavy atom. The highest BCUT2D eigenvalue weighted by Gasteiger charge is 2.06. The number of hydrogen-bond donors (Lipinski definition) is 2. The van der Waals surface area contributed by atoms with Crippen LogP contribution in [0.5, 0.6) is 0 Å². The number of aryl methyl sites for hydroxylation is 1. The molecule has 0 unspecified atom stereocenters. The van der Waals surface area contributed by atoms with Gasteiger partial charge in [-0.2, -0.15) is 0 Å². The molecule has 138 valence electrons. The van der Waals surface area contributed by atoms with E-state index in [1.807, 2.05) is 0 Å². The average molecular weight is 472 g/mol. The van der Waals surface area contributed by atoms with Gasteiger partial charge in [0, 0.05) is 30.8 Å². The number of guanidine groups is 1. The topological polar surface area (TPSA) is 49.3 Å². The number of halogens is 1. The number of thiazole rings is 1. The van der Waals surface area contributed by atoms with E-state index in [2.05, 4.69) is 78.0 Å². The number of nitrogens with one attached hydrogen (secondary N) is 2. The van der Waals surface area contributed by atoms with Crippen LogP contribution in [-0.4, -0.2) is 24.0 Å². The third kappa shape index (κ3) is 7.73. The van der Waals surface area contributed by atoms with Crippen LogP contribution in [0.15, 0.2) is 34.6 Å². The van der Waals surface area contributed by atoms with Crippen molar-refractivity contribution < 1.29 is 0 Å². The zero-order valence-electron chi connectivity index (χ0n) is 15.5. The fourth-order valence-corrected chi connectivity index (χ4v) is 3.09. The van der Waals surface area contributed by atoms with Crippen LogP contribution in [0.1, 0.15) is 48.5 Å². The van der Waals surface area contributed by atoms with Crippen molar-refractivity contribution >= 4 is 41.3 Å². The van der Waals surface area contributed by atoms with E-state index in [0.29, 0.717) is 12.5 Å². The highest BCUT2D eigenvalue weighted by molar-refractivity contribution is 14.0. The lowest BCUT2D eigenvalue weighted by Gasteiger charge is -2.10. The van der Waals surface area contributed by atoms with Gasteiger partial charge in [0.2, 0.25) is 0 Å². The summed E-state index contributed by atoms with van der Waals surface area (Å²) in [5, 5.41) is 10.1. The van der Waals surface area contributed by atoms with Gasteiger partial charge in [0.25, 0.3) is 0 Å². The number of rotatable bonds is 7. The van der Waals surface area contributed by atoms with E-state index in [1.54, 1.807) is 11.3 Å². The first-order valence-corrected chi connectivity index (χ1v) is 9.48. The molecule has 0 radical (unpaired) electrons.